The molecule has 96 valence electrons. The van der Waals surface area contributed by atoms with Gasteiger partial charge in [0, 0.05) is 23.5 Å². The highest BCUT2D eigenvalue weighted by atomic mass is 35.5. The zero-order chi connectivity index (χ0) is 13.0. The maximum atomic E-state index is 10.8. The normalized spacial score (nSPS) is 10.7. The minimum absolute atomic E-state index is 0.00154. The quantitative estimate of drug-likeness (QED) is 0.801. The van der Waals surface area contributed by atoms with Gasteiger partial charge in [-0.2, -0.15) is 0 Å². The molecule has 0 aliphatic heterocycles. The van der Waals surface area contributed by atoms with E-state index in [1.54, 1.807) is 17.4 Å². The van der Waals surface area contributed by atoms with E-state index in [4.69, 9.17) is 21.1 Å². The van der Waals surface area contributed by atoms with Crippen molar-refractivity contribution in [2.45, 2.75) is 13.0 Å². The predicted molar refractivity (Wildman–Crippen MR) is 70.4 cm³/mol. The largest absolute Gasteiger partial charge is 0.475 e. The van der Waals surface area contributed by atoms with Crippen LogP contribution in [0, 0.1) is 0 Å². The molecule has 0 spiro atoms. The highest BCUT2D eigenvalue weighted by molar-refractivity contribution is 7.16. The summed E-state index contributed by atoms with van der Waals surface area (Å²) in [5.74, 6) is -1.04. The molecule has 2 rings (SSSR count). The summed E-state index contributed by atoms with van der Waals surface area (Å²) in [4.78, 5) is 12.0. The molecule has 2 aromatic heterocycles. The van der Waals surface area contributed by atoms with Crippen LogP contribution in [0.3, 0.4) is 0 Å². The monoisotopic (exact) mass is 285 g/mol. The fraction of sp³-hybridized carbons (Fsp3) is 0.250. The Hall–Kier alpha value is -1.30. The van der Waals surface area contributed by atoms with E-state index in [1.165, 1.54) is 11.1 Å². The Morgan fingerprint density at radius 3 is 2.94 bits per heavy atom. The van der Waals surface area contributed by atoms with Crippen molar-refractivity contribution in [2.24, 2.45) is 0 Å². The van der Waals surface area contributed by atoms with E-state index in [1.807, 2.05) is 12.1 Å². The van der Waals surface area contributed by atoms with E-state index in [9.17, 15) is 4.79 Å². The molecule has 0 aliphatic carbocycles. The number of hydrogen-bond donors (Lipinski definition) is 2. The van der Waals surface area contributed by atoms with Gasteiger partial charge in [0.1, 0.15) is 0 Å². The number of hydrogen-bond acceptors (Lipinski definition) is 4. The smallest absolute Gasteiger partial charge is 0.372 e. The maximum absolute atomic E-state index is 10.8. The fourth-order valence-corrected chi connectivity index (χ4v) is 2.67. The van der Waals surface area contributed by atoms with E-state index in [0.29, 0.717) is 12.1 Å². The first-order valence-electron chi connectivity index (χ1n) is 5.41. The van der Waals surface area contributed by atoms with Gasteiger partial charge < -0.3 is 14.8 Å². The molecule has 2 N–H and O–H groups in total. The van der Waals surface area contributed by atoms with Gasteiger partial charge in [0.2, 0.25) is 5.76 Å². The highest BCUT2D eigenvalue weighted by Gasteiger charge is 2.12. The summed E-state index contributed by atoms with van der Waals surface area (Å²) in [5.41, 5.74) is 0.659. The standard InChI is InChI=1S/C12H12ClNO3S/c13-10-2-1-9(18-10)3-5-14-7-8-4-6-17-11(8)12(15)16/h1-2,4,6,14H,3,5,7H2,(H,15,16). The summed E-state index contributed by atoms with van der Waals surface area (Å²) in [6.45, 7) is 1.25. The summed E-state index contributed by atoms with van der Waals surface area (Å²) in [6.07, 6.45) is 2.26. The summed E-state index contributed by atoms with van der Waals surface area (Å²) >= 11 is 7.39. The molecule has 18 heavy (non-hydrogen) atoms. The Morgan fingerprint density at radius 1 is 1.44 bits per heavy atom. The Kier molecular flexibility index (Phi) is 4.41. The highest BCUT2D eigenvalue weighted by Crippen LogP contribution is 2.21. The maximum Gasteiger partial charge on any atom is 0.372 e. The molecule has 0 aliphatic rings. The fourth-order valence-electron chi connectivity index (χ4n) is 1.58. The predicted octanol–water partition coefficient (Wildman–Crippen LogP) is 3.03. The van der Waals surface area contributed by atoms with Crippen LogP contribution in [-0.4, -0.2) is 17.6 Å². The van der Waals surface area contributed by atoms with Crippen LogP contribution in [0.25, 0.3) is 0 Å². The van der Waals surface area contributed by atoms with Gasteiger partial charge in [-0.1, -0.05) is 11.6 Å². The van der Waals surface area contributed by atoms with Crippen molar-refractivity contribution in [1.82, 2.24) is 5.32 Å². The SMILES string of the molecule is O=C(O)c1occc1CNCCc1ccc(Cl)s1. The van der Waals surface area contributed by atoms with Crippen LogP contribution in [0.5, 0.6) is 0 Å². The first kappa shape index (κ1) is 13.1. The van der Waals surface area contributed by atoms with Crippen LogP contribution in [0.2, 0.25) is 4.34 Å². The third kappa shape index (κ3) is 3.35. The van der Waals surface area contributed by atoms with Crippen molar-refractivity contribution in [1.29, 1.82) is 0 Å². The van der Waals surface area contributed by atoms with Gasteiger partial charge in [-0.3, -0.25) is 0 Å². The molecule has 2 aromatic rings. The molecule has 0 atom stereocenters. The second kappa shape index (κ2) is 6.04. The van der Waals surface area contributed by atoms with E-state index in [2.05, 4.69) is 5.32 Å². The molecule has 0 amide bonds. The topological polar surface area (TPSA) is 62.5 Å². The average Bonchev–Trinajstić information content (AvgIpc) is 2.93. The molecule has 0 bridgehead atoms. The molecule has 0 radical (unpaired) electrons. The Bertz CT molecular complexity index is 535. The lowest BCUT2D eigenvalue weighted by molar-refractivity contribution is 0.0660. The molecule has 2 heterocycles. The van der Waals surface area contributed by atoms with Crippen LogP contribution in [0.1, 0.15) is 21.0 Å². The molecule has 0 saturated heterocycles. The Morgan fingerprint density at radius 2 is 2.28 bits per heavy atom. The first-order chi connectivity index (χ1) is 8.66. The number of nitrogens with one attached hydrogen (secondary N) is 1. The van der Waals surface area contributed by atoms with E-state index < -0.39 is 5.97 Å². The summed E-state index contributed by atoms with van der Waals surface area (Å²) in [5, 5.41) is 12.0. The molecule has 6 heteroatoms. The number of halogens is 1. The minimum Gasteiger partial charge on any atom is -0.475 e. The van der Waals surface area contributed by atoms with E-state index in [0.717, 1.165) is 17.3 Å². The van der Waals surface area contributed by atoms with Crippen LogP contribution in [-0.2, 0) is 13.0 Å². The van der Waals surface area contributed by atoms with Crippen LogP contribution in [0.15, 0.2) is 28.9 Å². The van der Waals surface area contributed by atoms with Crippen molar-refractivity contribution in [2.75, 3.05) is 6.54 Å². The zero-order valence-electron chi connectivity index (χ0n) is 9.48. The lowest BCUT2D eigenvalue weighted by Gasteiger charge is -2.02. The first-order valence-corrected chi connectivity index (χ1v) is 6.61. The second-order valence-corrected chi connectivity index (χ2v) is 5.51. The summed E-state index contributed by atoms with van der Waals surface area (Å²) in [6, 6.07) is 5.54. The minimum atomic E-state index is -1.04. The van der Waals surface area contributed by atoms with Crippen molar-refractivity contribution in [3.05, 3.63) is 45.0 Å². The molecule has 4 nitrogen and oxygen atoms in total. The van der Waals surface area contributed by atoms with Gasteiger partial charge in [0.25, 0.3) is 0 Å². The van der Waals surface area contributed by atoms with Crippen molar-refractivity contribution in [3.8, 4) is 0 Å². The third-order valence-electron chi connectivity index (χ3n) is 2.43. The molecule has 0 saturated carbocycles. The van der Waals surface area contributed by atoms with Gasteiger partial charge in [-0.25, -0.2) is 4.79 Å². The van der Waals surface area contributed by atoms with E-state index in [-0.39, 0.29) is 5.76 Å². The van der Waals surface area contributed by atoms with Gasteiger partial charge in [-0.05, 0) is 24.6 Å². The molecule has 0 fully saturated rings. The number of carboxylic acid groups (broad SMARTS) is 1. The van der Waals surface area contributed by atoms with Gasteiger partial charge in [0.15, 0.2) is 0 Å². The number of furan rings is 1. The van der Waals surface area contributed by atoms with Crippen LogP contribution < -0.4 is 5.32 Å². The number of thiophene rings is 1. The summed E-state index contributed by atoms with van der Waals surface area (Å²) in [7, 11) is 0. The van der Waals surface area contributed by atoms with Gasteiger partial charge in [0.05, 0.1) is 10.6 Å². The Labute approximate surface area is 113 Å². The number of rotatable bonds is 6. The average molecular weight is 286 g/mol. The number of carboxylic acids is 1. The van der Waals surface area contributed by atoms with Crippen molar-refractivity contribution in [3.63, 3.8) is 0 Å². The molecule has 0 unspecified atom stereocenters. The molecular formula is C12H12ClNO3S. The van der Waals surface area contributed by atoms with Crippen LogP contribution >= 0.6 is 22.9 Å². The lowest BCUT2D eigenvalue weighted by Crippen LogP contribution is -2.17. The Balaban J connectivity index is 1.78. The molecular weight excluding hydrogens is 274 g/mol. The van der Waals surface area contributed by atoms with Gasteiger partial charge in [-0.15, -0.1) is 11.3 Å². The lowest BCUT2D eigenvalue weighted by atomic mass is 10.2. The summed E-state index contributed by atoms with van der Waals surface area (Å²) < 4.78 is 5.67. The number of aromatic carboxylic acids is 1. The van der Waals surface area contributed by atoms with Crippen LogP contribution in [0.4, 0.5) is 0 Å². The van der Waals surface area contributed by atoms with E-state index >= 15 is 0 Å². The molecule has 0 aromatic carbocycles. The second-order valence-electron chi connectivity index (χ2n) is 3.71. The number of carbonyl (C=O) groups is 1. The van der Waals surface area contributed by atoms with Crippen molar-refractivity contribution >= 4 is 28.9 Å². The third-order valence-corrected chi connectivity index (χ3v) is 3.72. The zero-order valence-corrected chi connectivity index (χ0v) is 11.1. The van der Waals surface area contributed by atoms with Crippen molar-refractivity contribution < 1.29 is 14.3 Å². The van der Waals surface area contributed by atoms with Gasteiger partial charge >= 0.3 is 5.97 Å².